The SMILES string of the molecule is COc1ccc(C(CNC(=O)C(C)Oc2ccc(C(C)(C)C)cc2)N2CCCCC2)cc1. The van der Waals surface area contributed by atoms with Crippen LogP contribution in [0.5, 0.6) is 11.5 Å². The van der Waals surface area contributed by atoms with E-state index in [2.05, 4.69) is 55.3 Å². The van der Waals surface area contributed by atoms with Crippen LogP contribution < -0.4 is 14.8 Å². The summed E-state index contributed by atoms with van der Waals surface area (Å²) in [6, 6.07) is 16.3. The molecule has 1 N–H and O–H groups in total. The number of nitrogens with one attached hydrogen (secondary N) is 1. The maximum atomic E-state index is 12.8. The van der Waals surface area contributed by atoms with Gasteiger partial charge in [0, 0.05) is 6.54 Å². The summed E-state index contributed by atoms with van der Waals surface area (Å²) in [6.07, 6.45) is 3.11. The number of carbonyl (C=O) groups is 1. The van der Waals surface area contributed by atoms with E-state index in [9.17, 15) is 4.79 Å². The number of rotatable bonds is 8. The van der Waals surface area contributed by atoms with E-state index in [0.717, 1.165) is 18.8 Å². The average molecular weight is 439 g/mol. The molecule has 0 aromatic heterocycles. The molecule has 174 valence electrons. The number of hydrogen-bond donors (Lipinski definition) is 1. The highest BCUT2D eigenvalue weighted by molar-refractivity contribution is 5.80. The third-order valence-corrected chi connectivity index (χ3v) is 6.20. The van der Waals surface area contributed by atoms with Crippen LogP contribution >= 0.6 is 0 Å². The number of methoxy groups -OCH3 is 1. The van der Waals surface area contributed by atoms with Crippen LogP contribution in [-0.4, -0.2) is 43.7 Å². The second-order valence-electron chi connectivity index (χ2n) is 9.67. The van der Waals surface area contributed by atoms with Gasteiger partial charge in [0.05, 0.1) is 13.2 Å². The van der Waals surface area contributed by atoms with Gasteiger partial charge in [0.15, 0.2) is 6.10 Å². The molecule has 0 radical (unpaired) electrons. The molecular formula is C27H38N2O3. The topological polar surface area (TPSA) is 50.8 Å². The highest BCUT2D eigenvalue weighted by Crippen LogP contribution is 2.27. The number of nitrogens with zero attached hydrogens (tertiary/aromatic N) is 1. The van der Waals surface area contributed by atoms with Crippen molar-refractivity contribution in [3.05, 3.63) is 59.7 Å². The lowest BCUT2D eigenvalue weighted by Gasteiger charge is -2.35. The van der Waals surface area contributed by atoms with Crippen molar-refractivity contribution in [1.29, 1.82) is 0 Å². The summed E-state index contributed by atoms with van der Waals surface area (Å²) in [6.45, 7) is 11.0. The monoisotopic (exact) mass is 438 g/mol. The molecule has 32 heavy (non-hydrogen) atoms. The van der Waals surface area contributed by atoms with Gasteiger partial charge in [-0.25, -0.2) is 0 Å². The van der Waals surface area contributed by atoms with Crippen LogP contribution in [0, 0.1) is 0 Å². The van der Waals surface area contributed by atoms with Gasteiger partial charge >= 0.3 is 0 Å². The minimum Gasteiger partial charge on any atom is -0.497 e. The Morgan fingerprint density at radius 3 is 2.12 bits per heavy atom. The van der Waals surface area contributed by atoms with Gasteiger partial charge in [-0.1, -0.05) is 51.5 Å². The second kappa shape index (κ2) is 10.9. The molecule has 3 rings (SSSR count). The van der Waals surface area contributed by atoms with E-state index in [4.69, 9.17) is 9.47 Å². The molecule has 2 aromatic carbocycles. The predicted molar refractivity (Wildman–Crippen MR) is 129 cm³/mol. The Balaban J connectivity index is 1.61. The Labute approximate surface area is 193 Å². The Morgan fingerprint density at radius 2 is 1.56 bits per heavy atom. The quantitative estimate of drug-likeness (QED) is 0.623. The van der Waals surface area contributed by atoms with Gasteiger partial charge in [-0.05, 0) is 73.7 Å². The Kier molecular flexibility index (Phi) is 8.19. The van der Waals surface area contributed by atoms with Crippen molar-refractivity contribution in [3.8, 4) is 11.5 Å². The summed E-state index contributed by atoms with van der Waals surface area (Å²) in [4.78, 5) is 15.3. The number of piperidine rings is 1. The molecule has 0 saturated carbocycles. The summed E-state index contributed by atoms with van der Waals surface area (Å²) >= 11 is 0. The van der Waals surface area contributed by atoms with E-state index in [1.165, 1.54) is 30.4 Å². The number of likely N-dealkylation sites (tertiary alicyclic amines) is 1. The number of ether oxygens (including phenoxy) is 2. The van der Waals surface area contributed by atoms with Crippen molar-refractivity contribution in [2.24, 2.45) is 0 Å². The highest BCUT2D eigenvalue weighted by Gasteiger charge is 2.24. The van der Waals surface area contributed by atoms with E-state index in [0.29, 0.717) is 12.3 Å². The highest BCUT2D eigenvalue weighted by atomic mass is 16.5. The van der Waals surface area contributed by atoms with E-state index in [1.54, 1.807) is 14.0 Å². The maximum Gasteiger partial charge on any atom is 0.260 e. The molecule has 0 bridgehead atoms. The van der Waals surface area contributed by atoms with Gasteiger partial charge in [0.2, 0.25) is 0 Å². The van der Waals surface area contributed by atoms with Crippen LogP contribution in [0.4, 0.5) is 0 Å². The van der Waals surface area contributed by atoms with Gasteiger partial charge in [-0.2, -0.15) is 0 Å². The van der Waals surface area contributed by atoms with E-state index >= 15 is 0 Å². The zero-order valence-corrected chi connectivity index (χ0v) is 20.2. The first-order valence-electron chi connectivity index (χ1n) is 11.7. The van der Waals surface area contributed by atoms with Crippen LogP contribution in [0.2, 0.25) is 0 Å². The van der Waals surface area contributed by atoms with E-state index in [-0.39, 0.29) is 17.4 Å². The normalized spacial score (nSPS) is 16.8. The molecular weight excluding hydrogens is 400 g/mol. The van der Waals surface area contributed by atoms with Crippen LogP contribution in [0.3, 0.4) is 0 Å². The van der Waals surface area contributed by atoms with Gasteiger partial charge < -0.3 is 14.8 Å². The molecule has 5 nitrogen and oxygen atoms in total. The van der Waals surface area contributed by atoms with E-state index in [1.807, 2.05) is 24.3 Å². The van der Waals surface area contributed by atoms with E-state index < -0.39 is 6.10 Å². The number of carbonyl (C=O) groups excluding carboxylic acids is 1. The number of benzene rings is 2. The number of amides is 1. The van der Waals surface area contributed by atoms with Crippen molar-refractivity contribution in [2.45, 2.75) is 64.5 Å². The van der Waals surface area contributed by atoms with Gasteiger partial charge in [0.25, 0.3) is 5.91 Å². The maximum absolute atomic E-state index is 12.8. The lowest BCUT2D eigenvalue weighted by Crippen LogP contribution is -2.43. The van der Waals surface area contributed by atoms with Crippen molar-refractivity contribution in [1.82, 2.24) is 10.2 Å². The van der Waals surface area contributed by atoms with Crippen LogP contribution in [0.1, 0.15) is 64.1 Å². The molecule has 1 fully saturated rings. The molecule has 2 atom stereocenters. The smallest absolute Gasteiger partial charge is 0.260 e. The Morgan fingerprint density at radius 1 is 0.969 bits per heavy atom. The molecule has 5 heteroatoms. The summed E-state index contributed by atoms with van der Waals surface area (Å²) in [5.74, 6) is 1.46. The third-order valence-electron chi connectivity index (χ3n) is 6.20. The van der Waals surface area contributed by atoms with Crippen molar-refractivity contribution in [2.75, 3.05) is 26.7 Å². The Bertz CT molecular complexity index is 850. The second-order valence-corrected chi connectivity index (χ2v) is 9.67. The van der Waals surface area contributed by atoms with Crippen LogP contribution in [-0.2, 0) is 10.2 Å². The Hall–Kier alpha value is -2.53. The fourth-order valence-electron chi connectivity index (χ4n) is 4.15. The van der Waals surface area contributed by atoms with Gasteiger partial charge in [-0.15, -0.1) is 0 Å². The molecule has 1 aliphatic rings. The first kappa shape index (κ1) is 24.1. The molecule has 2 aromatic rings. The van der Waals surface area contributed by atoms with Gasteiger partial charge in [0.1, 0.15) is 11.5 Å². The molecule has 0 spiro atoms. The lowest BCUT2D eigenvalue weighted by molar-refractivity contribution is -0.127. The molecule has 0 aliphatic carbocycles. The first-order chi connectivity index (χ1) is 15.3. The van der Waals surface area contributed by atoms with Crippen molar-refractivity contribution >= 4 is 5.91 Å². The summed E-state index contributed by atoms with van der Waals surface area (Å²) < 4.78 is 11.2. The molecule has 1 aliphatic heterocycles. The minimum absolute atomic E-state index is 0.0897. The summed E-state index contributed by atoms with van der Waals surface area (Å²) in [5, 5.41) is 3.13. The largest absolute Gasteiger partial charge is 0.497 e. The minimum atomic E-state index is -0.562. The molecule has 1 heterocycles. The van der Waals surface area contributed by atoms with Crippen LogP contribution in [0.25, 0.3) is 0 Å². The fourth-order valence-corrected chi connectivity index (χ4v) is 4.15. The zero-order chi connectivity index (χ0) is 23.1. The summed E-state index contributed by atoms with van der Waals surface area (Å²) in [7, 11) is 1.68. The van der Waals surface area contributed by atoms with Gasteiger partial charge in [-0.3, -0.25) is 9.69 Å². The first-order valence-corrected chi connectivity index (χ1v) is 11.7. The fraction of sp³-hybridized carbons (Fsp3) is 0.519. The van der Waals surface area contributed by atoms with Crippen LogP contribution in [0.15, 0.2) is 48.5 Å². The third kappa shape index (κ3) is 6.49. The number of hydrogen-bond acceptors (Lipinski definition) is 4. The van der Waals surface area contributed by atoms with Crippen molar-refractivity contribution in [3.63, 3.8) is 0 Å². The average Bonchev–Trinajstić information content (AvgIpc) is 2.80. The molecule has 2 unspecified atom stereocenters. The predicted octanol–water partition coefficient (Wildman–Crippen LogP) is 5.10. The molecule has 1 saturated heterocycles. The standard InChI is InChI=1S/C27H38N2O3/c1-20(32-24-15-11-22(12-16-24)27(2,3)4)26(30)28-19-25(29-17-7-6-8-18-29)21-9-13-23(31-5)14-10-21/h9-16,20,25H,6-8,17-19H2,1-5H3,(H,28,30). The van der Waals surface area contributed by atoms with Crippen molar-refractivity contribution < 1.29 is 14.3 Å². The lowest BCUT2D eigenvalue weighted by atomic mass is 9.87. The molecule has 1 amide bonds. The zero-order valence-electron chi connectivity index (χ0n) is 20.2. The summed E-state index contributed by atoms with van der Waals surface area (Å²) in [5.41, 5.74) is 2.53.